The number of hydrogen-bond donors (Lipinski definition) is 2. The minimum atomic E-state index is -3.32. The van der Waals surface area contributed by atoms with E-state index in [4.69, 9.17) is 4.74 Å². The fourth-order valence-corrected chi connectivity index (χ4v) is 3.07. The van der Waals surface area contributed by atoms with Gasteiger partial charge in [-0.1, -0.05) is 0 Å². The molecule has 7 nitrogen and oxygen atoms in total. The molecule has 0 atom stereocenters. The van der Waals surface area contributed by atoms with Gasteiger partial charge in [0.05, 0.1) is 11.5 Å². The molecule has 130 valence electrons. The molecule has 1 heterocycles. The molecule has 0 fully saturated rings. The highest BCUT2D eigenvalue weighted by molar-refractivity contribution is 7.90. The van der Waals surface area contributed by atoms with Crippen LogP contribution in [-0.4, -0.2) is 33.1 Å². The number of hydrazine groups is 1. The van der Waals surface area contributed by atoms with E-state index in [2.05, 4.69) is 10.9 Å². The fourth-order valence-electron chi connectivity index (χ4n) is 2.44. The monoisotopic (exact) mass is 360 g/mol. The first-order valence-electron chi connectivity index (χ1n) is 7.51. The second-order valence-corrected chi connectivity index (χ2v) is 7.64. The maximum absolute atomic E-state index is 12.1. The Balaban J connectivity index is 1.63. The largest absolute Gasteiger partial charge is 0.493 e. The third kappa shape index (κ3) is 3.80. The standard InChI is InChI=1S/C17H16N2O5S/c1-25(22,23)14-5-2-11(3-6-14)16(20)18-19-17(21)13-4-7-15-12(10-13)8-9-24-15/h2-7,10H,8-9H2,1H3,(H,18,20)(H,19,21). The minimum Gasteiger partial charge on any atom is -0.493 e. The van der Waals surface area contributed by atoms with Gasteiger partial charge >= 0.3 is 0 Å². The highest BCUT2D eigenvalue weighted by Gasteiger charge is 2.16. The molecule has 0 unspecified atom stereocenters. The highest BCUT2D eigenvalue weighted by atomic mass is 32.2. The second-order valence-electron chi connectivity index (χ2n) is 5.63. The first-order valence-corrected chi connectivity index (χ1v) is 9.40. The summed E-state index contributed by atoms with van der Waals surface area (Å²) in [6, 6.07) is 10.5. The van der Waals surface area contributed by atoms with E-state index >= 15 is 0 Å². The van der Waals surface area contributed by atoms with Gasteiger partial charge in [-0.2, -0.15) is 0 Å². The lowest BCUT2D eigenvalue weighted by atomic mass is 10.1. The molecular formula is C17H16N2O5S. The van der Waals surface area contributed by atoms with E-state index in [1.54, 1.807) is 18.2 Å². The summed E-state index contributed by atoms with van der Waals surface area (Å²) in [7, 11) is -3.32. The van der Waals surface area contributed by atoms with E-state index in [1.165, 1.54) is 24.3 Å². The van der Waals surface area contributed by atoms with E-state index < -0.39 is 21.7 Å². The predicted octanol–water partition coefficient (Wildman–Crippen LogP) is 1.10. The van der Waals surface area contributed by atoms with Crippen LogP contribution in [0.4, 0.5) is 0 Å². The summed E-state index contributed by atoms with van der Waals surface area (Å²) in [5, 5.41) is 0. The summed E-state index contributed by atoms with van der Waals surface area (Å²) >= 11 is 0. The van der Waals surface area contributed by atoms with Crippen LogP contribution in [0.15, 0.2) is 47.4 Å². The highest BCUT2D eigenvalue weighted by Crippen LogP contribution is 2.25. The number of ether oxygens (including phenoxy) is 1. The van der Waals surface area contributed by atoms with Crippen LogP contribution in [0.25, 0.3) is 0 Å². The quantitative estimate of drug-likeness (QED) is 0.798. The molecule has 3 rings (SSSR count). The summed E-state index contributed by atoms with van der Waals surface area (Å²) in [5.74, 6) is -0.222. The van der Waals surface area contributed by atoms with E-state index in [9.17, 15) is 18.0 Å². The van der Waals surface area contributed by atoms with Gasteiger partial charge < -0.3 is 4.74 Å². The number of fused-ring (bicyclic) bond motifs is 1. The van der Waals surface area contributed by atoms with Crippen molar-refractivity contribution < 1.29 is 22.7 Å². The molecule has 8 heteroatoms. The zero-order valence-electron chi connectivity index (χ0n) is 13.4. The van der Waals surface area contributed by atoms with Crippen molar-refractivity contribution in [2.24, 2.45) is 0 Å². The summed E-state index contributed by atoms with van der Waals surface area (Å²) < 4.78 is 28.2. The van der Waals surface area contributed by atoms with Crippen LogP contribution >= 0.6 is 0 Å². The number of amides is 2. The number of carbonyl (C=O) groups is 2. The van der Waals surface area contributed by atoms with Crippen molar-refractivity contribution in [3.8, 4) is 5.75 Å². The van der Waals surface area contributed by atoms with Crippen molar-refractivity contribution in [2.75, 3.05) is 12.9 Å². The normalized spacial score (nSPS) is 12.8. The van der Waals surface area contributed by atoms with Crippen molar-refractivity contribution in [1.29, 1.82) is 0 Å². The van der Waals surface area contributed by atoms with Crippen LogP contribution in [0, 0.1) is 0 Å². The lowest BCUT2D eigenvalue weighted by molar-refractivity contribution is 0.0846. The van der Waals surface area contributed by atoms with Crippen LogP contribution in [0.2, 0.25) is 0 Å². The van der Waals surface area contributed by atoms with Gasteiger partial charge in [0.2, 0.25) is 0 Å². The molecule has 0 spiro atoms. The Hall–Kier alpha value is -2.87. The molecule has 0 aliphatic carbocycles. The smallest absolute Gasteiger partial charge is 0.269 e. The molecule has 1 aliphatic rings. The van der Waals surface area contributed by atoms with Crippen molar-refractivity contribution in [3.63, 3.8) is 0 Å². The van der Waals surface area contributed by atoms with Gasteiger partial charge in [0.15, 0.2) is 9.84 Å². The van der Waals surface area contributed by atoms with Crippen LogP contribution in [0.3, 0.4) is 0 Å². The van der Waals surface area contributed by atoms with Gasteiger partial charge in [0.25, 0.3) is 11.8 Å². The summed E-state index contributed by atoms with van der Waals surface area (Å²) in [4.78, 5) is 24.3. The molecule has 2 aromatic rings. The molecular weight excluding hydrogens is 344 g/mol. The molecule has 2 amide bonds. The second kappa shape index (κ2) is 6.56. The van der Waals surface area contributed by atoms with Crippen molar-refractivity contribution >= 4 is 21.7 Å². The minimum absolute atomic E-state index is 0.119. The van der Waals surface area contributed by atoms with Gasteiger partial charge in [-0.25, -0.2) is 8.42 Å². The Morgan fingerprint density at radius 3 is 2.20 bits per heavy atom. The number of nitrogens with one attached hydrogen (secondary N) is 2. The van der Waals surface area contributed by atoms with Crippen LogP contribution in [0.1, 0.15) is 26.3 Å². The van der Waals surface area contributed by atoms with E-state index in [0.29, 0.717) is 12.2 Å². The zero-order valence-corrected chi connectivity index (χ0v) is 14.2. The Kier molecular flexibility index (Phi) is 4.45. The van der Waals surface area contributed by atoms with Crippen LogP contribution in [-0.2, 0) is 16.3 Å². The first kappa shape index (κ1) is 17.0. The zero-order chi connectivity index (χ0) is 18.0. The number of carbonyl (C=O) groups excluding carboxylic acids is 2. The Morgan fingerprint density at radius 1 is 0.960 bits per heavy atom. The van der Waals surface area contributed by atoms with Crippen molar-refractivity contribution in [2.45, 2.75) is 11.3 Å². The summed E-state index contributed by atoms with van der Waals surface area (Å²) in [5.41, 5.74) is 6.24. The molecule has 2 N–H and O–H groups in total. The summed E-state index contributed by atoms with van der Waals surface area (Å²) in [6.07, 6.45) is 1.83. The third-order valence-electron chi connectivity index (χ3n) is 3.79. The summed E-state index contributed by atoms with van der Waals surface area (Å²) in [6.45, 7) is 0.598. The van der Waals surface area contributed by atoms with Crippen molar-refractivity contribution in [3.05, 3.63) is 59.2 Å². The van der Waals surface area contributed by atoms with Crippen LogP contribution in [0.5, 0.6) is 5.75 Å². The number of hydrogen-bond acceptors (Lipinski definition) is 5. The van der Waals surface area contributed by atoms with E-state index in [-0.39, 0.29) is 10.5 Å². The molecule has 1 aliphatic heterocycles. The van der Waals surface area contributed by atoms with Crippen LogP contribution < -0.4 is 15.6 Å². The predicted molar refractivity (Wildman–Crippen MR) is 90.1 cm³/mol. The SMILES string of the molecule is CS(=O)(=O)c1ccc(C(=O)NNC(=O)c2ccc3c(c2)CCO3)cc1. The maximum Gasteiger partial charge on any atom is 0.269 e. The number of rotatable bonds is 3. The number of sulfone groups is 1. The fraction of sp³-hybridized carbons (Fsp3) is 0.176. The topological polar surface area (TPSA) is 102 Å². The third-order valence-corrected chi connectivity index (χ3v) is 4.91. The lowest BCUT2D eigenvalue weighted by Crippen LogP contribution is -2.41. The lowest BCUT2D eigenvalue weighted by Gasteiger charge is -2.08. The number of benzene rings is 2. The average Bonchev–Trinajstić information content (AvgIpc) is 3.06. The van der Waals surface area contributed by atoms with Gasteiger partial charge in [0.1, 0.15) is 5.75 Å². The molecule has 2 aromatic carbocycles. The Morgan fingerprint density at radius 2 is 1.56 bits per heavy atom. The maximum atomic E-state index is 12.1. The van der Waals surface area contributed by atoms with Crippen molar-refractivity contribution in [1.82, 2.24) is 10.9 Å². The molecule has 25 heavy (non-hydrogen) atoms. The molecule has 0 saturated heterocycles. The molecule has 0 aromatic heterocycles. The van der Waals surface area contributed by atoms with Gasteiger partial charge in [-0.3, -0.25) is 20.4 Å². The van der Waals surface area contributed by atoms with Gasteiger partial charge in [-0.15, -0.1) is 0 Å². The molecule has 0 bridgehead atoms. The first-order chi connectivity index (χ1) is 11.8. The molecule has 0 radical (unpaired) electrons. The Labute approximate surface area is 144 Å². The van der Waals surface area contributed by atoms with E-state index in [0.717, 1.165) is 24.0 Å². The Bertz CT molecular complexity index is 936. The average molecular weight is 360 g/mol. The molecule has 0 saturated carbocycles. The van der Waals surface area contributed by atoms with E-state index in [1.807, 2.05) is 0 Å². The van der Waals surface area contributed by atoms with Gasteiger partial charge in [-0.05, 0) is 48.0 Å². The van der Waals surface area contributed by atoms with Gasteiger partial charge in [0, 0.05) is 23.8 Å².